The number of aromatic hydroxyl groups is 3. The van der Waals surface area contributed by atoms with Gasteiger partial charge < -0.3 is 30.6 Å². The van der Waals surface area contributed by atoms with Gasteiger partial charge in [-0.05, 0) is 16.7 Å². The fraction of sp³-hybridized carbons (Fsp3) is 0.0811. The number of phenolic OH excluding ortho intramolecular Hbond substituents is 3. The minimum absolute atomic E-state index is 0.0121. The average Bonchev–Trinajstić information content (AvgIpc) is 3.05. The molecule has 0 unspecified atom stereocenters. The molecule has 4 aromatic rings. The Morgan fingerprint density at radius 1 is 0.444 bits per heavy atom. The lowest BCUT2D eigenvalue weighted by Gasteiger charge is -2.29. The summed E-state index contributed by atoms with van der Waals surface area (Å²) in [4.78, 5) is 27.4. The number of hydrogen-bond acceptors (Lipinski definition) is 8. The van der Waals surface area contributed by atoms with Crippen LogP contribution in [-0.2, 0) is 28.9 Å². The summed E-state index contributed by atoms with van der Waals surface area (Å²) in [5, 5.41) is 66.4. The van der Waals surface area contributed by atoms with E-state index in [1.165, 1.54) is 0 Å². The van der Waals surface area contributed by atoms with E-state index in [2.05, 4.69) is 0 Å². The van der Waals surface area contributed by atoms with Crippen LogP contribution in [0, 0.1) is 0 Å². The van der Waals surface area contributed by atoms with E-state index in [1.54, 1.807) is 91.0 Å². The summed E-state index contributed by atoms with van der Waals surface area (Å²) >= 11 is 0. The Hall–Kier alpha value is -6.02. The average molecular weight is 601 g/mol. The number of Topliss-reactive ketones (excluding diaryl/α,β-unsaturated/α-hetero) is 2. The SMILES string of the molecule is O=C1C(Cc2ccccc2)=C(O)C(=C2C(=O)C(c3c(O)cc(O)c(Cc4ccccc4)c3O)=C2O)C(O)=C1Cc1ccccc1. The summed E-state index contributed by atoms with van der Waals surface area (Å²) in [6.45, 7) is 0. The van der Waals surface area contributed by atoms with Gasteiger partial charge >= 0.3 is 0 Å². The summed E-state index contributed by atoms with van der Waals surface area (Å²) in [6, 6.07) is 27.6. The van der Waals surface area contributed by atoms with Gasteiger partial charge in [0.25, 0.3) is 0 Å². The molecule has 0 aliphatic heterocycles. The molecule has 0 saturated carbocycles. The fourth-order valence-corrected chi connectivity index (χ4v) is 5.75. The number of benzene rings is 4. The summed E-state index contributed by atoms with van der Waals surface area (Å²) < 4.78 is 0. The third kappa shape index (κ3) is 5.12. The maximum absolute atomic E-state index is 13.7. The first-order valence-corrected chi connectivity index (χ1v) is 14.2. The van der Waals surface area contributed by atoms with Crippen LogP contribution < -0.4 is 0 Å². The van der Waals surface area contributed by atoms with Crippen LogP contribution in [0.1, 0.15) is 27.8 Å². The Labute approximate surface area is 258 Å². The molecule has 0 spiro atoms. The second kappa shape index (κ2) is 11.6. The van der Waals surface area contributed by atoms with E-state index in [9.17, 15) is 40.2 Å². The van der Waals surface area contributed by atoms with Crippen LogP contribution in [-0.4, -0.2) is 42.2 Å². The molecule has 224 valence electrons. The molecule has 0 radical (unpaired) electrons. The second-order valence-corrected chi connectivity index (χ2v) is 10.9. The Bertz CT molecular complexity index is 1910. The van der Waals surface area contributed by atoms with Crippen molar-refractivity contribution in [1.82, 2.24) is 0 Å². The Morgan fingerprint density at radius 3 is 1.33 bits per heavy atom. The summed E-state index contributed by atoms with van der Waals surface area (Å²) in [6.07, 6.45) is 0.0341. The molecular weight excluding hydrogens is 572 g/mol. The third-order valence-electron chi connectivity index (χ3n) is 8.05. The van der Waals surface area contributed by atoms with Crippen molar-refractivity contribution in [2.24, 2.45) is 0 Å². The van der Waals surface area contributed by atoms with Gasteiger partial charge in [-0.15, -0.1) is 0 Å². The lowest BCUT2D eigenvalue weighted by Crippen LogP contribution is -2.28. The number of phenols is 3. The third-order valence-corrected chi connectivity index (χ3v) is 8.05. The van der Waals surface area contributed by atoms with Gasteiger partial charge in [0.05, 0.1) is 22.3 Å². The molecule has 2 aliphatic carbocycles. The molecule has 0 saturated heterocycles. The van der Waals surface area contributed by atoms with Crippen molar-refractivity contribution in [1.29, 1.82) is 0 Å². The van der Waals surface area contributed by atoms with Gasteiger partial charge in [0.15, 0.2) is 5.78 Å². The van der Waals surface area contributed by atoms with Crippen LogP contribution in [0.15, 0.2) is 137 Å². The first-order valence-electron chi connectivity index (χ1n) is 14.2. The van der Waals surface area contributed by atoms with E-state index in [1.807, 2.05) is 0 Å². The standard InChI is InChI=1S/C37H28O8/c38-26-19-27(39)28(33(41)23(26)16-20-10-4-1-5-11-20)29-36(44)31(37(29)45)30-34(42)24(17-21-12-6-2-7-13-21)32(40)25(35(30)43)18-22-14-8-3-9-15-22/h1-15,19,38-39,41-44H,16-18H2. The van der Waals surface area contributed by atoms with Crippen molar-refractivity contribution in [3.8, 4) is 17.2 Å². The topological polar surface area (TPSA) is 156 Å². The minimum Gasteiger partial charge on any atom is -0.507 e. The highest BCUT2D eigenvalue weighted by Gasteiger charge is 2.45. The van der Waals surface area contributed by atoms with E-state index in [-0.39, 0.29) is 36.0 Å². The molecule has 0 aromatic heterocycles. The van der Waals surface area contributed by atoms with Gasteiger partial charge in [0.2, 0.25) is 5.78 Å². The highest BCUT2D eigenvalue weighted by atomic mass is 16.3. The van der Waals surface area contributed by atoms with E-state index in [4.69, 9.17) is 0 Å². The van der Waals surface area contributed by atoms with Crippen molar-refractivity contribution in [3.05, 3.63) is 164 Å². The molecule has 45 heavy (non-hydrogen) atoms. The summed E-state index contributed by atoms with van der Waals surface area (Å²) in [7, 11) is 0. The van der Waals surface area contributed by atoms with Crippen LogP contribution in [0.2, 0.25) is 0 Å². The quantitative estimate of drug-likeness (QED) is 0.136. The van der Waals surface area contributed by atoms with Crippen molar-refractivity contribution in [3.63, 3.8) is 0 Å². The maximum atomic E-state index is 13.7. The fourth-order valence-electron chi connectivity index (χ4n) is 5.75. The number of hydrogen-bond donors (Lipinski definition) is 6. The summed E-state index contributed by atoms with van der Waals surface area (Å²) in [5.74, 6) is -5.19. The van der Waals surface area contributed by atoms with Gasteiger partial charge in [-0.2, -0.15) is 0 Å². The molecule has 0 amide bonds. The Balaban J connectivity index is 1.51. The van der Waals surface area contributed by atoms with Crippen LogP contribution in [0.25, 0.3) is 5.57 Å². The van der Waals surface area contributed by atoms with E-state index < -0.39 is 68.4 Å². The van der Waals surface area contributed by atoms with Crippen LogP contribution in [0.4, 0.5) is 0 Å². The number of rotatable bonds is 7. The second-order valence-electron chi connectivity index (χ2n) is 10.9. The Kier molecular flexibility index (Phi) is 7.48. The molecular formula is C37H28O8. The van der Waals surface area contributed by atoms with Crippen LogP contribution in [0.3, 0.4) is 0 Å². The van der Waals surface area contributed by atoms with Crippen LogP contribution in [0.5, 0.6) is 17.2 Å². The largest absolute Gasteiger partial charge is 0.507 e. The van der Waals surface area contributed by atoms with Gasteiger partial charge in [0, 0.05) is 42.0 Å². The van der Waals surface area contributed by atoms with Crippen molar-refractivity contribution >= 4 is 17.1 Å². The predicted octanol–water partition coefficient (Wildman–Crippen LogP) is 6.23. The zero-order valence-corrected chi connectivity index (χ0v) is 23.9. The smallest absolute Gasteiger partial charge is 0.202 e. The predicted molar refractivity (Wildman–Crippen MR) is 167 cm³/mol. The normalized spacial score (nSPS) is 15.2. The molecule has 0 heterocycles. The molecule has 0 fully saturated rings. The van der Waals surface area contributed by atoms with Gasteiger partial charge in [-0.1, -0.05) is 91.0 Å². The van der Waals surface area contributed by atoms with E-state index >= 15 is 0 Å². The van der Waals surface area contributed by atoms with Crippen molar-refractivity contribution in [2.75, 3.05) is 0 Å². The first-order chi connectivity index (χ1) is 21.7. The number of allylic oxidation sites excluding steroid dienone is 4. The van der Waals surface area contributed by atoms with Crippen LogP contribution >= 0.6 is 0 Å². The molecule has 0 bridgehead atoms. The number of ketones is 2. The zero-order valence-electron chi connectivity index (χ0n) is 23.9. The molecule has 4 aromatic carbocycles. The Morgan fingerprint density at radius 2 is 0.889 bits per heavy atom. The van der Waals surface area contributed by atoms with Gasteiger partial charge in [-0.3, -0.25) is 9.59 Å². The lowest BCUT2D eigenvalue weighted by molar-refractivity contribution is -0.113. The molecule has 6 N–H and O–H groups in total. The lowest BCUT2D eigenvalue weighted by atomic mass is 9.75. The number of carbonyl (C=O) groups is 2. The first kappa shape index (κ1) is 29.1. The number of carbonyl (C=O) groups excluding carboxylic acids is 2. The monoisotopic (exact) mass is 600 g/mol. The number of aliphatic hydroxyl groups is 3. The highest BCUT2D eigenvalue weighted by Crippen LogP contribution is 2.50. The number of aliphatic hydroxyl groups excluding tert-OH is 3. The minimum atomic E-state index is -0.893. The molecule has 8 nitrogen and oxygen atoms in total. The molecule has 0 atom stereocenters. The van der Waals surface area contributed by atoms with Crippen molar-refractivity contribution in [2.45, 2.75) is 19.3 Å². The van der Waals surface area contributed by atoms with Crippen molar-refractivity contribution < 1.29 is 40.2 Å². The summed E-state index contributed by atoms with van der Waals surface area (Å²) in [5.41, 5.74) is 0.253. The van der Waals surface area contributed by atoms with Gasteiger partial charge in [-0.25, -0.2) is 0 Å². The van der Waals surface area contributed by atoms with Gasteiger partial charge in [0.1, 0.15) is 34.5 Å². The maximum Gasteiger partial charge on any atom is 0.202 e. The van der Waals surface area contributed by atoms with E-state index in [0.717, 1.165) is 11.6 Å². The highest BCUT2D eigenvalue weighted by molar-refractivity contribution is 6.40. The molecule has 8 heteroatoms. The zero-order chi connectivity index (χ0) is 31.8. The molecule has 6 rings (SSSR count). The van der Waals surface area contributed by atoms with E-state index in [0.29, 0.717) is 11.1 Å². The molecule has 2 aliphatic rings.